The first kappa shape index (κ1) is 15.4. The molecule has 2 aromatic carbocycles. The highest BCUT2D eigenvalue weighted by Gasteiger charge is 2.21. The average molecular weight is 320 g/mol. The molecule has 3 heteroatoms. The van der Waals surface area contributed by atoms with Gasteiger partial charge in [-0.2, -0.15) is 0 Å². The minimum atomic E-state index is 0.150. The molecule has 2 aliphatic heterocycles. The van der Waals surface area contributed by atoms with Crippen LogP contribution >= 0.6 is 0 Å². The molecule has 1 saturated heterocycles. The van der Waals surface area contributed by atoms with Gasteiger partial charge < -0.3 is 4.90 Å². The lowest BCUT2D eigenvalue weighted by atomic mass is 9.99. The fourth-order valence-electron chi connectivity index (χ4n) is 3.80. The number of carbonyl (C=O) groups is 1. The zero-order chi connectivity index (χ0) is 16.4. The van der Waals surface area contributed by atoms with Gasteiger partial charge in [0.05, 0.1) is 0 Å². The maximum absolute atomic E-state index is 12.8. The van der Waals surface area contributed by atoms with Crippen molar-refractivity contribution in [2.75, 3.05) is 19.6 Å². The van der Waals surface area contributed by atoms with Crippen LogP contribution in [-0.2, 0) is 19.5 Å². The van der Waals surface area contributed by atoms with Crippen LogP contribution in [0, 0.1) is 0 Å². The monoisotopic (exact) mass is 320 g/mol. The Hall–Kier alpha value is -2.13. The number of rotatable bonds is 3. The second kappa shape index (κ2) is 6.78. The summed E-state index contributed by atoms with van der Waals surface area (Å²) < 4.78 is 0. The highest BCUT2D eigenvalue weighted by Crippen LogP contribution is 2.21. The zero-order valence-corrected chi connectivity index (χ0v) is 14.1. The quantitative estimate of drug-likeness (QED) is 0.864. The number of fused-ring (bicyclic) bond motifs is 1. The van der Waals surface area contributed by atoms with Gasteiger partial charge in [-0.1, -0.05) is 36.4 Å². The Morgan fingerprint density at radius 3 is 2.33 bits per heavy atom. The van der Waals surface area contributed by atoms with Crippen LogP contribution in [0.1, 0.15) is 39.9 Å². The average Bonchev–Trinajstić information content (AvgIpc) is 3.14. The van der Waals surface area contributed by atoms with Gasteiger partial charge in [0.15, 0.2) is 0 Å². The van der Waals surface area contributed by atoms with Crippen molar-refractivity contribution in [2.45, 2.75) is 32.4 Å². The van der Waals surface area contributed by atoms with Crippen molar-refractivity contribution in [3.05, 3.63) is 70.8 Å². The minimum absolute atomic E-state index is 0.150. The summed E-state index contributed by atoms with van der Waals surface area (Å²) in [5, 5.41) is 0. The first-order valence-electron chi connectivity index (χ1n) is 8.97. The molecule has 1 fully saturated rings. The summed E-state index contributed by atoms with van der Waals surface area (Å²) >= 11 is 0. The highest BCUT2D eigenvalue weighted by molar-refractivity contribution is 5.94. The summed E-state index contributed by atoms with van der Waals surface area (Å²) in [6, 6.07) is 16.7. The van der Waals surface area contributed by atoms with Crippen molar-refractivity contribution < 1.29 is 4.79 Å². The fourth-order valence-corrected chi connectivity index (χ4v) is 3.80. The number of carbonyl (C=O) groups excluding carboxylic acids is 1. The number of hydrogen-bond donors (Lipinski definition) is 0. The molecule has 0 saturated carbocycles. The Morgan fingerprint density at radius 2 is 1.58 bits per heavy atom. The molecule has 3 nitrogen and oxygen atoms in total. The summed E-state index contributed by atoms with van der Waals surface area (Å²) in [4.78, 5) is 17.2. The van der Waals surface area contributed by atoms with E-state index in [9.17, 15) is 4.79 Å². The van der Waals surface area contributed by atoms with Crippen LogP contribution < -0.4 is 0 Å². The van der Waals surface area contributed by atoms with Gasteiger partial charge in [0.1, 0.15) is 0 Å². The second-order valence-electron chi connectivity index (χ2n) is 6.93. The Labute approximate surface area is 143 Å². The molecule has 0 radical (unpaired) electrons. The van der Waals surface area contributed by atoms with Gasteiger partial charge in [-0.25, -0.2) is 0 Å². The van der Waals surface area contributed by atoms with E-state index in [2.05, 4.69) is 41.3 Å². The van der Waals surface area contributed by atoms with Crippen molar-refractivity contribution in [2.24, 2.45) is 0 Å². The van der Waals surface area contributed by atoms with Crippen molar-refractivity contribution in [3.8, 4) is 0 Å². The first-order chi connectivity index (χ1) is 11.8. The Bertz CT molecular complexity index is 717. The largest absolute Gasteiger partial charge is 0.334 e. The molecule has 124 valence electrons. The van der Waals surface area contributed by atoms with Crippen LogP contribution in [0.15, 0.2) is 48.5 Å². The number of nitrogens with zero attached hydrogens (tertiary/aromatic N) is 2. The number of hydrogen-bond acceptors (Lipinski definition) is 2. The lowest BCUT2D eigenvalue weighted by molar-refractivity contribution is 0.0734. The van der Waals surface area contributed by atoms with Gasteiger partial charge in [-0.3, -0.25) is 9.69 Å². The molecule has 24 heavy (non-hydrogen) atoms. The van der Waals surface area contributed by atoms with E-state index in [1.165, 1.54) is 42.6 Å². The lowest BCUT2D eigenvalue weighted by Crippen LogP contribution is -2.35. The lowest BCUT2D eigenvalue weighted by Gasteiger charge is -2.29. The van der Waals surface area contributed by atoms with E-state index in [1.807, 2.05) is 17.0 Å². The topological polar surface area (TPSA) is 23.6 Å². The van der Waals surface area contributed by atoms with Crippen LogP contribution in [0.25, 0.3) is 0 Å². The smallest absolute Gasteiger partial charge is 0.254 e. The van der Waals surface area contributed by atoms with E-state index < -0.39 is 0 Å². The molecule has 0 spiro atoms. The zero-order valence-electron chi connectivity index (χ0n) is 14.1. The van der Waals surface area contributed by atoms with Gasteiger partial charge in [-0.15, -0.1) is 0 Å². The van der Waals surface area contributed by atoms with Gasteiger partial charge in [0.25, 0.3) is 5.91 Å². The van der Waals surface area contributed by atoms with Gasteiger partial charge in [0.2, 0.25) is 0 Å². The molecule has 0 bridgehead atoms. The Kier molecular flexibility index (Phi) is 4.35. The number of benzene rings is 2. The highest BCUT2D eigenvalue weighted by atomic mass is 16.2. The molecular weight excluding hydrogens is 296 g/mol. The van der Waals surface area contributed by atoms with Crippen molar-refractivity contribution in [1.82, 2.24) is 9.80 Å². The van der Waals surface area contributed by atoms with E-state index in [0.29, 0.717) is 0 Å². The summed E-state index contributed by atoms with van der Waals surface area (Å²) in [6.07, 6.45) is 3.58. The molecule has 0 unspecified atom stereocenters. The molecule has 1 amide bonds. The molecule has 0 aromatic heterocycles. The molecular formula is C21H24N2O. The van der Waals surface area contributed by atoms with Crippen molar-refractivity contribution >= 4 is 5.91 Å². The molecule has 2 aromatic rings. The van der Waals surface area contributed by atoms with E-state index in [4.69, 9.17) is 0 Å². The molecule has 2 heterocycles. The van der Waals surface area contributed by atoms with Gasteiger partial charge in [-0.05, 0) is 61.2 Å². The Morgan fingerprint density at radius 1 is 0.875 bits per heavy atom. The summed E-state index contributed by atoms with van der Waals surface area (Å²) in [5.41, 5.74) is 4.77. The summed E-state index contributed by atoms with van der Waals surface area (Å²) in [6.45, 7) is 4.95. The van der Waals surface area contributed by atoms with E-state index in [0.717, 1.165) is 31.6 Å². The van der Waals surface area contributed by atoms with Crippen LogP contribution in [0.2, 0.25) is 0 Å². The normalized spacial score (nSPS) is 17.8. The molecule has 0 N–H and O–H groups in total. The third kappa shape index (κ3) is 3.22. The standard InChI is InChI=1S/C21H24N2O/c24-21(23-14-11-18-5-1-2-6-20(18)16-23)19-9-7-17(8-10-19)15-22-12-3-4-13-22/h1-2,5-10H,3-4,11-16H2. The van der Waals surface area contributed by atoms with Crippen LogP contribution in [0.3, 0.4) is 0 Å². The summed E-state index contributed by atoms with van der Waals surface area (Å²) in [7, 11) is 0. The first-order valence-corrected chi connectivity index (χ1v) is 8.97. The SMILES string of the molecule is O=C(c1ccc(CN2CCCC2)cc1)N1CCc2ccccc2C1. The fraction of sp³-hybridized carbons (Fsp3) is 0.381. The second-order valence-corrected chi connectivity index (χ2v) is 6.93. The third-order valence-electron chi connectivity index (χ3n) is 5.22. The van der Waals surface area contributed by atoms with Crippen molar-refractivity contribution in [1.29, 1.82) is 0 Å². The summed E-state index contributed by atoms with van der Waals surface area (Å²) in [5.74, 6) is 0.150. The Balaban J connectivity index is 1.43. The van der Waals surface area contributed by atoms with Crippen LogP contribution in [0.5, 0.6) is 0 Å². The number of likely N-dealkylation sites (tertiary alicyclic amines) is 1. The predicted molar refractivity (Wildman–Crippen MR) is 95.8 cm³/mol. The van der Waals surface area contributed by atoms with Crippen molar-refractivity contribution in [3.63, 3.8) is 0 Å². The van der Waals surface area contributed by atoms with E-state index in [-0.39, 0.29) is 5.91 Å². The maximum Gasteiger partial charge on any atom is 0.254 e. The van der Waals surface area contributed by atoms with E-state index >= 15 is 0 Å². The number of amides is 1. The third-order valence-corrected chi connectivity index (χ3v) is 5.22. The van der Waals surface area contributed by atoms with E-state index in [1.54, 1.807) is 0 Å². The van der Waals surface area contributed by atoms with Gasteiger partial charge >= 0.3 is 0 Å². The molecule has 4 rings (SSSR count). The molecule has 2 aliphatic rings. The predicted octanol–water partition coefficient (Wildman–Crippen LogP) is 3.48. The maximum atomic E-state index is 12.8. The van der Waals surface area contributed by atoms with Crippen LogP contribution in [-0.4, -0.2) is 35.3 Å². The van der Waals surface area contributed by atoms with Gasteiger partial charge in [0, 0.05) is 25.2 Å². The minimum Gasteiger partial charge on any atom is -0.334 e. The molecule has 0 atom stereocenters. The van der Waals surface area contributed by atoms with Crippen LogP contribution in [0.4, 0.5) is 0 Å². The molecule has 0 aliphatic carbocycles.